The zero-order valence-electron chi connectivity index (χ0n) is 9.32. The third-order valence-corrected chi connectivity index (χ3v) is 2.29. The van der Waals surface area contributed by atoms with Crippen LogP contribution in [0.4, 0.5) is 0 Å². The molecule has 0 aliphatic rings. The molecule has 0 aliphatic heterocycles. The predicted octanol–water partition coefficient (Wildman–Crippen LogP) is 1.66. The Labute approximate surface area is 85.5 Å². The zero-order chi connectivity index (χ0) is 10.6. The first-order valence-corrected chi connectivity index (χ1v) is 5.33. The molecule has 4 heteroatoms. The fraction of sp³-hybridized carbons (Fsp3) is 0.800. The molecule has 0 radical (unpaired) electrons. The van der Waals surface area contributed by atoms with Crippen molar-refractivity contribution >= 4 is 0 Å². The van der Waals surface area contributed by atoms with Gasteiger partial charge < -0.3 is 10.3 Å². The third kappa shape index (κ3) is 2.32. The topological polar surface area (TPSA) is 56.7 Å². The van der Waals surface area contributed by atoms with E-state index >= 15 is 0 Å². The van der Waals surface area contributed by atoms with E-state index in [9.17, 15) is 0 Å². The molecule has 14 heavy (non-hydrogen) atoms. The van der Waals surface area contributed by atoms with Gasteiger partial charge in [0, 0.05) is 12.5 Å². The Morgan fingerprint density at radius 3 is 2.43 bits per heavy atom. The second kappa shape index (κ2) is 5.10. The average Bonchev–Trinajstić information content (AvgIpc) is 2.57. The summed E-state index contributed by atoms with van der Waals surface area (Å²) in [6, 6.07) is 0.399. The van der Waals surface area contributed by atoms with Crippen LogP contribution in [-0.2, 0) is 13.0 Å². The molecule has 0 amide bonds. The van der Waals surface area contributed by atoms with Crippen molar-refractivity contribution in [3.05, 3.63) is 11.6 Å². The first kappa shape index (κ1) is 11.2. The van der Waals surface area contributed by atoms with Gasteiger partial charge in [0.05, 0.1) is 6.54 Å². The summed E-state index contributed by atoms with van der Waals surface area (Å²) in [5.74, 6) is 1.97. The highest BCUT2D eigenvalue weighted by molar-refractivity contribution is 4.97. The molecular weight excluding hydrogens is 176 g/mol. The number of aromatic nitrogens is 3. The van der Waals surface area contributed by atoms with E-state index < -0.39 is 0 Å². The number of nitrogens with two attached hydrogens (primary N) is 1. The van der Waals surface area contributed by atoms with Crippen molar-refractivity contribution in [1.82, 2.24) is 14.8 Å². The fourth-order valence-electron chi connectivity index (χ4n) is 1.60. The molecule has 0 aromatic carbocycles. The standard InChI is InChI=1S/C10H20N4/c1-4-5-6-9-12-13-10(7-11)14(9)8(2)3/h8H,4-7,11H2,1-3H3. The van der Waals surface area contributed by atoms with Crippen LogP contribution in [0.25, 0.3) is 0 Å². The maximum Gasteiger partial charge on any atom is 0.147 e. The summed E-state index contributed by atoms with van der Waals surface area (Å²) < 4.78 is 2.15. The minimum Gasteiger partial charge on any atom is -0.324 e. The highest BCUT2D eigenvalue weighted by Gasteiger charge is 2.12. The van der Waals surface area contributed by atoms with E-state index in [2.05, 4.69) is 35.5 Å². The summed E-state index contributed by atoms with van der Waals surface area (Å²) in [6.07, 6.45) is 3.35. The van der Waals surface area contributed by atoms with Crippen molar-refractivity contribution in [3.63, 3.8) is 0 Å². The highest BCUT2D eigenvalue weighted by Crippen LogP contribution is 2.13. The zero-order valence-corrected chi connectivity index (χ0v) is 9.32. The smallest absolute Gasteiger partial charge is 0.147 e. The monoisotopic (exact) mass is 196 g/mol. The molecule has 1 rings (SSSR count). The SMILES string of the molecule is CCCCc1nnc(CN)n1C(C)C. The lowest BCUT2D eigenvalue weighted by Crippen LogP contribution is -2.13. The van der Waals surface area contributed by atoms with Crippen LogP contribution >= 0.6 is 0 Å². The van der Waals surface area contributed by atoms with Gasteiger partial charge in [-0.05, 0) is 20.3 Å². The van der Waals surface area contributed by atoms with Gasteiger partial charge in [0.1, 0.15) is 11.6 Å². The number of rotatable bonds is 5. The molecule has 0 atom stereocenters. The van der Waals surface area contributed by atoms with Crippen LogP contribution in [0.15, 0.2) is 0 Å². The maximum atomic E-state index is 5.61. The quantitative estimate of drug-likeness (QED) is 0.779. The van der Waals surface area contributed by atoms with Crippen LogP contribution in [0, 0.1) is 0 Å². The average molecular weight is 196 g/mol. The molecule has 0 saturated carbocycles. The van der Waals surface area contributed by atoms with Gasteiger partial charge in [-0.3, -0.25) is 0 Å². The van der Waals surface area contributed by atoms with Gasteiger partial charge in [0.15, 0.2) is 0 Å². The highest BCUT2D eigenvalue weighted by atomic mass is 15.3. The van der Waals surface area contributed by atoms with Crippen molar-refractivity contribution in [1.29, 1.82) is 0 Å². The molecule has 0 aliphatic carbocycles. The minimum atomic E-state index is 0.399. The van der Waals surface area contributed by atoms with Crippen molar-refractivity contribution in [2.75, 3.05) is 0 Å². The molecule has 1 aromatic rings. The molecule has 4 nitrogen and oxygen atoms in total. The van der Waals surface area contributed by atoms with Gasteiger partial charge in [-0.2, -0.15) is 0 Å². The van der Waals surface area contributed by atoms with Gasteiger partial charge in [-0.25, -0.2) is 0 Å². The molecule has 0 fully saturated rings. The number of unbranched alkanes of at least 4 members (excludes halogenated alkanes) is 1. The first-order chi connectivity index (χ1) is 6.70. The lowest BCUT2D eigenvalue weighted by Gasteiger charge is -2.12. The van der Waals surface area contributed by atoms with Crippen LogP contribution in [0.5, 0.6) is 0 Å². The van der Waals surface area contributed by atoms with Gasteiger partial charge in [-0.15, -0.1) is 10.2 Å². The summed E-state index contributed by atoms with van der Waals surface area (Å²) in [6.45, 7) is 6.92. The summed E-state index contributed by atoms with van der Waals surface area (Å²) >= 11 is 0. The molecule has 0 spiro atoms. The van der Waals surface area contributed by atoms with E-state index in [-0.39, 0.29) is 0 Å². The normalized spacial score (nSPS) is 11.2. The lowest BCUT2D eigenvalue weighted by molar-refractivity contribution is 0.536. The van der Waals surface area contributed by atoms with Crippen molar-refractivity contribution in [2.24, 2.45) is 5.73 Å². The number of hydrogen-bond donors (Lipinski definition) is 1. The van der Waals surface area contributed by atoms with Crippen LogP contribution in [0.1, 0.15) is 51.3 Å². The van der Waals surface area contributed by atoms with E-state index in [0.717, 1.165) is 24.5 Å². The second-order valence-corrected chi connectivity index (χ2v) is 3.80. The van der Waals surface area contributed by atoms with Crippen LogP contribution in [0.2, 0.25) is 0 Å². The van der Waals surface area contributed by atoms with E-state index in [4.69, 9.17) is 5.73 Å². The van der Waals surface area contributed by atoms with Gasteiger partial charge in [0.2, 0.25) is 0 Å². The minimum absolute atomic E-state index is 0.399. The van der Waals surface area contributed by atoms with Crippen molar-refractivity contribution in [2.45, 2.75) is 52.6 Å². The molecule has 0 unspecified atom stereocenters. The first-order valence-electron chi connectivity index (χ1n) is 5.33. The maximum absolute atomic E-state index is 5.61. The number of hydrogen-bond acceptors (Lipinski definition) is 3. The molecule has 1 heterocycles. The predicted molar refractivity (Wildman–Crippen MR) is 56.9 cm³/mol. The lowest BCUT2D eigenvalue weighted by atomic mass is 10.2. The summed E-state index contributed by atoms with van der Waals surface area (Å²) in [4.78, 5) is 0. The van der Waals surface area contributed by atoms with E-state index in [1.807, 2.05) is 0 Å². The molecule has 1 aromatic heterocycles. The Morgan fingerprint density at radius 1 is 1.29 bits per heavy atom. The van der Waals surface area contributed by atoms with Crippen LogP contribution in [-0.4, -0.2) is 14.8 Å². The molecule has 80 valence electrons. The third-order valence-electron chi connectivity index (χ3n) is 2.29. The Kier molecular flexibility index (Phi) is 4.07. The van der Waals surface area contributed by atoms with Crippen LogP contribution in [0.3, 0.4) is 0 Å². The van der Waals surface area contributed by atoms with Crippen LogP contribution < -0.4 is 5.73 Å². The largest absolute Gasteiger partial charge is 0.324 e. The Balaban J connectivity index is 2.87. The number of nitrogens with zero attached hydrogens (tertiary/aromatic N) is 3. The van der Waals surface area contributed by atoms with Gasteiger partial charge in [0.25, 0.3) is 0 Å². The molecule has 0 bridgehead atoms. The van der Waals surface area contributed by atoms with E-state index in [1.165, 1.54) is 6.42 Å². The summed E-state index contributed by atoms with van der Waals surface area (Å²) in [5, 5.41) is 8.28. The van der Waals surface area contributed by atoms with Gasteiger partial charge >= 0.3 is 0 Å². The Hall–Kier alpha value is -0.900. The van der Waals surface area contributed by atoms with E-state index in [0.29, 0.717) is 12.6 Å². The van der Waals surface area contributed by atoms with E-state index in [1.54, 1.807) is 0 Å². The Morgan fingerprint density at radius 2 is 1.93 bits per heavy atom. The van der Waals surface area contributed by atoms with Crippen molar-refractivity contribution < 1.29 is 0 Å². The van der Waals surface area contributed by atoms with Crippen molar-refractivity contribution in [3.8, 4) is 0 Å². The fourth-order valence-corrected chi connectivity index (χ4v) is 1.60. The summed E-state index contributed by atoms with van der Waals surface area (Å²) in [5.41, 5.74) is 5.61. The number of aryl methyl sites for hydroxylation is 1. The molecule has 2 N–H and O–H groups in total. The molecular formula is C10H20N4. The molecule has 0 saturated heterocycles. The van der Waals surface area contributed by atoms with Gasteiger partial charge in [-0.1, -0.05) is 13.3 Å². The Bertz CT molecular complexity index is 278. The second-order valence-electron chi connectivity index (χ2n) is 3.80. The summed E-state index contributed by atoms with van der Waals surface area (Å²) in [7, 11) is 0.